The maximum atomic E-state index is 13.1. The highest BCUT2D eigenvalue weighted by Gasteiger charge is 2.29. The highest BCUT2D eigenvalue weighted by atomic mass is 32.2. The van der Waals surface area contributed by atoms with Crippen LogP contribution in [0.5, 0.6) is 0 Å². The summed E-state index contributed by atoms with van der Waals surface area (Å²) >= 11 is 0. The number of halogens is 1. The first-order chi connectivity index (χ1) is 13.7. The molecule has 1 heterocycles. The molecule has 29 heavy (non-hydrogen) atoms. The summed E-state index contributed by atoms with van der Waals surface area (Å²) in [5.74, 6) is -0.175. The summed E-state index contributed by atoms with van der Waals surface area (Å²) in [6.07, 6.45) is 1.68. The number of sulfonamides is 1. The van der Waals surface area contributed by atoms with Gasteiger partial charge >= 0.3 is 0 Å². The molecule has 0 unspecified atom stereocenters. The van der Waals surface area contributed by atoms with E-state index in [2.05, 4.69) is 12.2 Å². The van der Waals surface area contributed by atoms with Gasteiger partial charge in [-0.25, -0.2) is 12.8 Å². The van der Waals surface area contributed by atoms with Crippen molar-refractivity contribution in [1.82, 2.24) is 9.62 Å². The molecule has 1 aliphatic heterocycles. The van der Waals surface area contributed by atoms with Crippen LogP contribution < -0.4 is 5.32 Å². The Kier molecular flexibility index (Phi) is 6.39. The van der Waals surface area contributed by atoms with E-state index in [4.69, 9.17) is 0 Å². The van der Waals surface area contributed by atoms with Gasteiger partial charge < -0.3 is 5.32 Å². The minimum Gasteiger partial charge on any atom is -0.346 e. The van der Waals surface area contributed by atoms with Crippen molar-refractivity contribution in [3.63, 3.8) is 0 Å². The highest BCUT2D eigenvalue weighted by Crippen LogP contribution is 2.25. The molecular formula is C22H27FN2O3S. The number of hydrogen-bond acceptors (Lipinski definition) is 3. The van der Waals surface area contributed by atoms with Gasteiger partial charge in [-0.15, -0.1) is 0 Å². The zero-order valence-corrected chi connectivity index (χ0v) is 17.8. The Morgan fingerprint density at radius 2 is 1.76 bits per heavy atom. The van der Waals surface area contributed by atoms with Gasteiger partial charge in [0.1, 0.15) is 5.82 Å². The molecule has 1 atom stereocenters. The van der Waals surface area contributed by atoms with Crippen LogP contribution in [-0.4, -0.2) is 31.7 Å². The molecule has 0 radical (unpaired) electrons. The second kappa shape index (κ2) is 8.63. The van der Waals surface area contributed by atoms with E-state index >= 15 is 0 Å². The number of rotatable bonds is 5. The van der Waals surface area contributed by atoms with Crippen LogP contribution in [0.3, 0.4) is 0 Å². The first kappa shape index (κ1) is 21.5. The van der Waals surface area contributed by atoms with Gasteiger partial charge in [-0.3, -0.25) is 4.79 Å². The molecule has 5 nitrogen and oxygen atoms in total. The van der Waals surface area contributed by atoms with E-state index in [1.807, 2.05) is 0 Å². The molecule has 7 heteroatoms. The average molecular weight is 419 g/mol. The van der Waals surface area contributed by atoms with E-state index in [1.165, 1.54) is 22.5 Å². The van der Waals surface area contributed by atoms with E-state index < -0.39 is 10.0 Å². The van der Waals surface area contributed by atoms with E-state index in [9.17, 15) is 17.6 Å². The van der Waals surface area contributed by atoms with Crippen molar-refractivity contribution in [2.75, 3.05) is 13.1 Å². The van der Waals surface area contributed by atoms with Crippen molar-refractivity contribution in [2.45, 2.75) is 44.6 Å². The first-order valence-corrected chi connectivity index (χ1v) is 11.3. The van der Waals surface area contributed by atoms with E-state index in [1.54, 1.807) is 38.1 Å². The van der Waals surface area contributed by atoms with Gasteiger partial charge in [-0.2, -0.15) is 4.31 Å². The normalized spacial score (nSPS) is 17.1. The van der Waals surface area contributed by atoms with Crippen molar-refractivity contribution >= 4 is 15.9 Å². The summed E-state index contributed by atoms with van der Waals surface area (Å²) in [7, 11) is -3.63. The highest BCUT2D eigenvalue weighted by molar-refractivity contribution is 7.89. The first-order valence-electron chi connectivity index (χ1n) is 9.85. The lowest BCUT2D eigenvalue weighted by Crippen LogP contribution is -2.38. The van der Waals surface area contributed by atoms with Gasteiger partial charge in [0, 0.05) is 18.7 Å². The molecule has 2 aromatic rings. The second-order valence-electron chi connectivity index (χ2n) is 7.81. The molecule has 0 aliphatic carbocycles. The fourth-order valence-corrected chi connectivity index (χ4v) is 4.99. The summed E-state index contributed by atoms with van der Waals surface area (Å²) < 4.78 is 40.6. The fraction of sp³-hybridized carbons (Fsp3) is 0.409. The maximum Gasteiger partial charge on any atom is 0.252 e. The number of benzene rings is 2. The quantitative estimate of drug-likeness (QED) is 0.797. The lowest BCUT2D eigenvalue weighted by molar-refractivity contribution is 0.0939. The van der Waals surface area contributed by atoms with Gasteiger partial charge in [-0.1, -0.05) is 25.1 Å². The van der Waals surface area contributed by atoms with Crippen molar-refractivity contribution in [1.29, 1.82) is 0 Å². The molecule has 3 rings (SSSR count). The Morgan fingerprint density at radius 3 is 2.38 bits per heavy atom. The molecular weight excluding hydrogens is 391 g/mol. The molecule has 1 saturated heterocycles. The van der Waals surface area contributed by atoms with Crippen LogP contribution in [0.1, 0.15) is 54.2 Å². The van der Waals surface area contributed by atoms with Crippen LogP contribution >= 0.6 is 0 Å². The van der Waals surface area contributed by atoms with Crippen molar-refractivity contribution < 1.29 is 17.6 Å². The molecule has 156 valence electrons. The minimum atomic E-state index is -3.63. The minimum absolute atomic E-state index is 0.136. The van der Waals surface area contributed by atoms with Crippen molar-refractivity contribution in [3.8, 4) is 0 Å². The fourth-order valence-electron chi connectivity index (χ4n) is 3.49. The number of nitrogens with zero attached hydrogens (tertiary/aromatic N) is 1. The maximum absolute atomic E-state index is 13.1. The smallest absolute Gasteiger partial charge is 0.252 e. The Bertz CT molecular complexity index is 982. The summed E-state index contributed by atoms with van der Waals surface area (Å²) in [5.41, 5.74) is 1.79. The number of carbonyl (C=O) groups is 1. The predicted molar refractivity (Wildman–Crippen MR) is 111 cm³/mol. The number of nitrogens with one attached hydrogen (secondary N) is 1. The molecule has 1 amide bonds. The molecule has 0 spiro atoms. The summed E-state index contributed by atoms with van der Waals surface area (Å²) in [6.45, 7) is 6.70. The Labute approximate surface area is 172 Å². The number of hydrogen-bond donors (Lipinski definition) is 1. The number of aryl methyl sites for hydroxylation is 1. The molecule has 2 aromatic carbocycles. The largest absolute Gasteiger partial charge is 0.346 e. The van der Waals surface area contributed by atoms with Crippen LogP contribution in [0.25, 0.3) is 0 Å². The Hall–Kier alpha value is -2.25. The van der Waals surface area contributed by atoms with Gasteiger partial charge in [0.2, 0.25) is 10.0 Å². The molecule has 0 bridgehead atoms. The van der Waals surface area contributed by atoms with Crippen molar-refractivity contribution in [2.24, 2.45) is 5.92 Å². The van der Waals surface area contributed by atoms with Crippen LogP contribution in [0.2, 0.25) is 0 Å². The Morgan fingerprint density at radius 1 is 1.14 bits per heavy atom. The molecule has 1 aliphatic rings. The topological polar surface area (TPSA) is 66.5 Å². The van der Waals surface area contributed by atoms with Gasteiger partial charge in [0.15, 0.2) is 0 Å². The van der Waals surface area contributed by atoms with Gasteiger partial charge in [-0.05, 0) is 68.0 Å². The van der Waals surface area contributed by atoms with Crippen LogP contribution in [0.15, 0.2) is 47.4 Å². The van der Waals surface area contributed by atoms with E-state index in [0.717, 1.165) is 18.4 Å². The molecule has 1 N–H and O–H groups in total. The second-order valence-corrected chi connectivity index (χ2v) is 9.75. The molecule has 1 fully saturated rings. The zero-order chi connectivity index (χ0) is 21.2. The number of piperidine rings is 1. The molecule has 0 saturated carbocycles. The van der Waals surface area contributed by atoms with Gasteiger partial charge in [0.25, 0.3) is 5.91 Å². The van der Waals surface area contributed by atoms with E-state index in [-0.39, 0.29) is 22.7 Å². The SMILES string of the molecule is Cc1ccc(S(=O)(=O)N2CCC(C)CC2)cc1C(=O)N[C@@H](C)c1ccc(F)cc1. The third kappa shape index (κ3) is 4.85. The van der Waals surface area contributed by atoms with Crippen LogP contribution in [0, 0.1) is 18.7 Å². The van der Waals surface area contributed by atoms with Crippen LogP contribution in [-0.2, 0) is 10.0 Å². The predicted octanol–water partition coefficient (Wildman–Crippen LogP) is 4.05. The standard InChI is InChI=1S/C22H27FN2O3S/c1-15-10-12-25(13-11-15)29(27,28)20-9-4-16(2)21(14-20)22(26)24-17(3)18-5-7-19(23)8-6-18/h4-9,14-15,17H,10-13H2,1-3H3,(H,24,26)/t17-/m0/s1. The summed E-state index contributed by atoms with van der Waals surface area (Å²) in [4.78, 5) is 13.0. The van der Waals surface area contributed by atoms with E-state index in [0.29, 0.717) is 30.1 Å². The zero-order valence-electron chi connectivity index (χ0n) is 17.0. The van der Waals surface area contributed by atoms with Crippen molar-refractivity contribution in [3.05, 3.63) is 65.0 Å². The monoisotopic (exact) mass is 418 g/mol. The Balaban J connectivity index is 1.81. The lowest BCUT2D eigenvalue weighted by atomic mass is 10.0. The summed E-state index contributed by atoms with van der Waals surface area (Å²) in [6, 6.07) is 10.3. The number of carbonyl (C=O) groups excluding carboxylic acids is 1. The van der Waals surface area contributed by atoms with Crippen LogP contribution in [0.4, 0.5) is 4.39 Å². The average Bonchev–Trinajstić information content (AvgIpc) is 2.68. The third-order valence-electron chi connectivity index (χ3n) is 5.55. The summed E-state index contributed by atoms with van der Waals surface area (Å²) in [5, 5.41) is 2.87. The lowest BCUT2D eigenvalue weighted by Gasteiger charge is -2.29. The third-order valence-corrected chi connectivity index (χ3v) is 7.45. The molecule has 0 aromatic heterocycles. The number of amides is 1. The van der Waals surface area contributed by atoms with Gasteiger partial charge in [0.05, 0.1) is 10.9 Å².